The Morgan fingerprint density at radius 1 is 1.06 bits per heavy atom. The minimum Gasteiger partial charge on any atom is -0.365 e. The van der Waals surface area contributed by atoms with Gasteiger partial charge in [0.05, 0.1) is 5.75 Å². The summed E-state index contributed by atoms with van der Waals surface area (Å²) in [5.74, 6) is -0.665. The highest BCUT2D eigenvalue weighted by atomic mass is 32.2. The first-order chi connectivity index (χ1) is 15.1. The Morgan fingerprint density at radius 2 is 1.84 bits per heavy atom. The van der Waals surface area contributed by atoms with Crippen LogP contribution in [0, 0.1) is 6.92 Å². The van der Waals surface area contributed by atoms with Crippen LogP contribution in [0.25, 0.3) is 0 Å². The number of anilines is 4. The zero-order valence-electron chi connectivity index (χ0n) is 17.1. The highest BCUT2D eigenvalue weighted by molar-refractivity contribution is 7.92. The van der Waals surface area contributed by atoms with E-state index in [2.05, 4.69) is 35.3 Å². The highest BCUT2D eigenvalue weighted by Crippen LogP contribution is 2.34. The van der Waals surface area contributed by atoms with Crippen molar-refractivity contribution < 1.29 is 21.6 Å². The molecule has 0 fully saturated rings. The molecule has 0 saturated heterocycles. The van der Waals surface area contributed by atoms with Gasteiger partial charge in [-0.05, 0) is 31.5 Å². The van der Waals surface area contributed by atoms with E-state index in [0.717, 1.165) is 5.56 Å². The van der Waals surface area contributed by atoms with E-state index in [1.807, 2.05) is 0 Å². The smallest absolute Gasteiger partial charge is 0.365 e. The summed E-state index contributed by atoms with van der Waals surface area (Å²) in [7, 11) is -3.62. The Labute approximate surface area is 182 Å². The lowest BCUT2D eigenvalue weighted by Gasteiger charge is -2.16. The third-order valence-electron chi connectivity index (χ3n) is 4.33. The molecule has 0 amide bonds. The standard InChI is InChI=1S/C19H20F3N7O2S/c1-3-32(30,31)29-16-13(5-4-7-24-16)10-25-17-14(19(20,21)22)11-26-18(28-17)27-15-6-8-23-9-12(15)2/h4-9,11H,3,10H2,1-2H3,(H,24,29)(H2,23,25,26,27,28). The third-order valence-corrected chi connectivity index (χ3v) is 5.60. The third kappa shape index (κ3) is 5.81. The van der Waals surface area contributed by atoms with Gasteiger partial charge in [-0.1, -0.05) is 6.07 Å². The van der Waals surface area contributed by atoms with Crippen LogP contribution in [0.4, 0.5) is 36.4 Å². The first-order valence-electron chi connectivity index (χ1n) is 9.39. The van der Waals surface area contributed by atoms with Gasteiger partial charge in [-0.2, -0.15) is 18.2 Å². The Kier molecular flexibility index (Phi) is 6.77. The van der Waals surface area contributed by atoms with Crippen LogP contribution in [0.1, 0.15) is 23.6 Å². The second kappa shape index (κ2) is 9.34. The van der Waals surface area contributed by atoms with Gasteiger partial charge in [0.25, 0.3) is 0 Å². The van der Waals surface area contributed by atoms with Gasteiger partial charge >= 0.3 is 6.18 Å². The lowest BCUT2D eigenvalue weighted by Crippen LogP contribution is -2.18. The molecule has 0 spiro atoms. The van der Waals surface area contributed by atoms with Crippen LogP contribution in [0.15, 0.2) is 43.0 Å². The fourth-order valence-corrected chi connectivity index (χ4v) is 3.21. The summed E-state index contributed by atoms with van der Waals surface area (Å²) >= 11 is 0. The van der Waals surface area contributed by atoms with Crippen LogP contribution in [0.3, 0.4) is 0 Å². The topological polar surface area (TPSA) is 122 Å². The molecule has 3 aromatic heterocycles. The van der Waals surface area contributed by atoms with E-state index < -0.39 is 27.6 Å². The van der Waals surface area contributed by atoms with Crippen molar-refractivity contribution in [1.29, 1.82) is 0 Å². The summed E-state index contributed by atoms with van der Waals surface area (Å²) in [6, 6.07) is 4.73. The molecule has 0 unspecified atom stereocenters. The van der Waals surface area contributed by atoms with E-state index in [1.165, 1.54) is 19.3 Å². The molecule has 3 aromatic rings. The maximum absolute atomic E-state index is 13.5. The second-order valence-electron chi connectivity index (χ2n) is 6.64. The van der Waals surface area contributed by atoms with Gasteiger partial charge in [-0.3, -0.25) is 9.71 Å². The van der Waals surface area contributed by atoms with Crippen LogP contribution >= 0.6 is 0 Å². The SMILES string of the molecule is CCS(=O)(=O)Nc1ncccc1CNc1nc(Nc2ccncc2C)ncc1C(F)(F)F. The molecule has 3 rings (SSSR count). The Bertz CT molecular complexity index is 1200. The van der Waals surface area contributed by atoms with E-state index in [4.69, 9.17) is 0 Å². The van der Waals surface area contributed by atoms with Gasteiger partial charge in [0.2, 0.25) is 16.0 Å². The number of hydrogen-bond donors (Lipinski definition) is 3. The van der Waals surface area contributed by atoms with Crippen molar-refractivity contribution >= 4 is 33.3 Å². The molecule has 170 valence electrons. The zero-order valence-corrected chi connectivity index (χ0v) is 17.9. The number of nitrogens with zero attached hydrogens (tertiary/aromatic N) is 4. The molecule has 0 aliphatic heterocycles. The summed E-state index contributed by atoms with van der Waals surface area (Å²) in [6.45, 7) is 3.07. The number of sulfonamides is 1. The van der Waals surface area contributed by atoms with Gasteiger partial charge in [-0.15, -0.1) is 0 Å². The lowest BCUT2D eigenvalue weighted by atomic mass is 10.2. The number of nitrogens with one attached hydrogen (secondary N) is 3. The fraction of sp³-hybridized carbons (Fsp3) is 0.263. The molecule has 0 aliphatic carbocycles. The van der Waals surface area contributed by atoms with Crippen LogP contribution in [0.2, 0.25) is 0 Å². The summed E-state index contributed by atoms with van der Waals surface area (Å²) in [4.78, 5) is 15.7. The van der Waals surface area contributed by atoms with E-state index in [1.54, 1.807) is 31.3 Å². The average Bonchev–Trinajstić information content (AvgIpc) is 2.74. The quantitative estimate of drug-likeness (QED) is 0.458. The molecular weight excluding hydrogens is 447 g/mol. The summed E-state index contributed by atoms with van der Waals surface area (Å²) in [6.07, 6.45) is 0.474. The first kappa shape index (κ1) is 23.2. The van der Waals surface area contributed by atoms with Gasteiger partial charge in [0, 0.05) is 42.6 Å². The predicted octanol–water partition coefficient (Wildman–Crippen LogP) is 3.71. The molecule has 0 atom stereocenters. The van der Waals surface area contributed by atoms with Crippen molar-refractivity contribution in [2.45, 2.75) is 26.6 Å². The van der Waals surface area contributed by atoms with Crippen LogP contribution in [-0.4, -0.2) is 34.1 Å². The van der Waals surface area contributed by atoms with Crippen molar-refractivity contribution in [2.75, 3.05) is 21.1 Å². The van der Waals surface area contributed by atoms with E-state index in [0.29, 0.717) is 17.4 Å². The number of rotatable bonds is 8. The maximum Gasteiger partial charge on any atom is 0.421 e. The van der Waals surface area contributed by atoms with Crippen molar-refractivity contribution in [2.24, 2.45) is 0 Å². The zero-order chi connectivity index (χ0) is 23.4. The minimum absolute atomic E-state index is 0.0234. The van der Waals surface area contributed by atoms with Gasteiger partial charge in [0.15, 0.2) is 0 Å². The van der Waals surface area contributed by atoms with E-state index >= 15 is 0 Å². The van der Waals surface area contributed by atoms with E-state index in [-0.39, 0.29) is 24.1 Å². The molecule has 0 saturated carbocycles. The number of aryl methyl sites for hydroxylation is 1. The average molecular weight is 467 g/mol. The molecule has 0 aromatic carbocycles. The fourth-order valence-electron chi connectivity index (χ4n) is 2.59. The summed E-state index contributed by atoms with van der Waals surface area (Å²) in [5, 5.41) is 5.49. The van der Waals surface area contributed by atoms with Crippen molar-refractivity contribution in [3.05, 3.63) is 59.7 Å². The maximum atomic E-state index is 13.5. The van der Waals surface area contributed by atoms with Gasteiger partial charge < -0.3 is 10.6 Å². The molecule has 3 heterocycles. The molecular formula is C19H20F3N7O2S. The molecule has 0 radical (unpaired) electrons. The molecule has 13 heteroatoms. The molecule has 0 bridgehead atoms. The van der Waals surface area contributed by atoms with Crippen LogP contribution in [-0.2, 0) is 22.7 Å². The molecule has 32 heavy (non-hydrogen) atoms. The van der Waals surface area contributed by atoms with Crippen LogP contribution < -0.4 is 15.4 Å². The Balaban J connectivity index is 1.89. The number of pyridine rings is 2. The number of alkyl halides is 3. The molecule has 3 N–H and O–H groups in total. The Morgan fingerprint density at radius 3 is 2.53 bits per heavy atom. The summed E-state index contributed by atoms with van der Waals surface area (Å²) < 4.78 is 66.5. The van der Waals surface area contributed by atoms with Gasteiger partial charge in [0.1, 0.15) is 17.2 Å². The summed E-state index contributed by atoms with van der Waals surface area (Å²) in [5.41, 5.74) is 0.632. The van der Waals surface area contributed by atoms with Crippen molar-refractivity contribution in [1.82, 2.24) is 19.9 Å². The monoisotopic (exact) mass is 467 g/mol. The number of halogens is 3. The number of hydrogen-bond acceptors (Lipinski definition) is 8. The second-order valence-corrected chi connectivity index (χ2v) is 8.65. The van der Waals surface area contributed by atoms with Crippen molar-refractivity contribution in [3.63, 3.8) is 0 Å². The lowest BCUT2D eigenvalue weighted by molar-refractivity contribution is -0.137. The van der Waals surface area contributed by atoms with Crippen molar-refractivity contribution in [3.8, 4) is 0 Å². The first-order valence-corrected chi connectivity index (χ1v) is 11.0. The van der Waals surface area contributed by atoms with Gasteiger partial charge in [-0.25, -0.2) is 18.4 Å². The normalized spacial score (nSPS) is 11.8. The molecule has 9 nitrogen and oxygen atoms in total. The predicted molar refractivity (Wildman–Crippen MR) is 114 cm³/mol. The highest BCUT2D eigenvalue weighted by Gasteiger charge is 2.35. The molecule has 0 aliphatic rings. The number of aromatic nitrogens is 4. The van der Waals surface area contributed by atoms with E-state index in [9.17, 15) is 21.6 Å². The largest absolute Gasteiger partial charge is 0.421 e. The Hall–Kier alpha value is -3.48. The van der Waals surface area contributed by atoms with Crippen LogP contribution in [0.5, 0.6) is 0 Å². The minimum atomic E-state index is -4.70.